The van der Waals surface area contributed by atoms with Gasteiger partial charge in [-0.05, 0) is 52.8 Å². The van der Waals surface area contributed by atoms with Gasteiger partial charge in [-0.1, -0.05) is 48.5 Å². The van der Waals surface area contributed by atoms with E-state index in [0.717, 1.165) is 17.7 Å². The van der Waals surface area contributed by atoms with Gasteiger partial charge in [-0.25, -0.2) is 0 Å². The van der Waals surface area contributed by atoms with Gasteiger partial charge in [0.25, 0.3) is 0 Å². The number of hydrogen-bond acceptors (Lipinski definition) is 2. The van der Waals surface area contributed by atoms with Crippen LogP contribution in [0.4, 0.5) is 0 Å². The molecule has 0 amide bonds. The van der Waals surface area contributed by atoms with Gasteiger partial charge in [0, 0.05) is 12.7 Å². The van der Waals surface area contributed by atoms with Crippen LogP contribution < -0.4 is 0 Å². The van der Waals surface area contributed by atoms with E-state index in [1.165, 1.54) is 22.0 Å². The molecule has 0 aliphatic heterocycles. The van der Waals surface area contributed by atoms with Crippen molar-refractivity contribution in [2.75, 3.05) is 0 Å². The number of phenols is 1. The Morgan fingerprint density at radius 1 is 0.962 bits per heavy atom. The summed E-state index contributed by atoms with van der Waals surface area (Å²) in [7, 11) is 0. The van der Waals surface area contributed by atoms with Crippen molar-refractivity contribution in [3.8, 4) is 22.9 Å². The second kappa shape index (κ2) is 6.42. The van der Waals surface area contributed by atoms with Crippen LogP contribution in [-0.4, -0.2) is 9.67 Å². The number of para-hydroxylation sites is 1. The van der Waals surface area contributed by atoms with Gasteiger partial charge in [0.2, 0.25) is 0 Å². The fourth-order valence-corrected chi connectivity index (χ4v) is 3.39. The highest BCUT2D eigenvalue weighted by Gasteiger charge is 2.06. The first kappa shape index (κ1) is 16.0. The molecule has 3 aromatic carbocycles. The van der Waals surface area contributed by atoms with Crippen LogP contribution in [0.25, 0.3) is 22.0 Å². The van der Waals surface area contributed by atoms with Crippen molar-refractivity contribution >= 4 is 10.9 Å². The van der Waals surface area contributed by atoms with E-state index in [1.54, 1.807) is 12.1 Å². The highest BCUT2D eigenvalue weighted by Crippen LogP contribution is 2.26. The van der Waals surface area contributed by atoms with Crippen molar-refractivity contribution in [3.63, 3.8) is 0 Å². The average Bonchev–Trinajstić information content (AvgIpc) is 3.07. The fourth-order valence-electron chi connectivity index (χ4n) is 3.39. The maximum atomic E-state index is 9.65. The molecule has 0 saturated carbocycles. The first-order valence-corrected chi connectivity index (χ1v) is 8.52. The monoisotopic (exact) mass is 338 g/mol. The van der Waals surface area contributed by atoms with Crippen LogP contribution >= 0.6 is 0 Å². The summed E-state index contributed by atoms with van der Waals surface area (Å²) in [4.78, 5) is 0. The van der Waals surface area contributed by atoms with Gasteiger partial charge in [-0.2, -0.15) is 5.26 Å². The third-order valence-electron chi connectivity index (χ3n) is 4.75. The van der Waals surface area contributed by atoms with Crippen molar-refractivity contribution < 1.29 is 5.11 Å². The molecular formula is C23H18N2O. The Labute approximate surface area is 152 Å². The van der Waals surface area contributed by atoms with E-state index in [4.69, 9.17) is 5.26 Å². The molecule has 0 aliphatic rings. The second-order valence-corrected chi connectivity index (χ2v) is 6.50. The highest BCUT2D eigenvalue weighted by molar-refractivity contribution is 5.83. The predicted molar refractivity (Wildman–Crippen MR) is 104 cm³/mol. The number of phenolic OH excluding ortho intramolecular Hbond substituents is 1. The number of benzene rings is 3. The average molecular weight is 338 g/mol. The molecule has 0 saturated heterocycles. The van der Waals surface area contributed by atoms with Gasteiger partial charge < -0.3 is 9.67 Å². The second-order valence-electron chi connectivity index (χ2n) is 6.50. The molecule has 0 bridgehead atoms. The third kappa shape index (κ3) is 2.82. The smallest absolute Gasteiger partial charge is 0.133 e. The molecule has 0 unspecified atom stereocenters. The summed E-state index contributed by atoms with van der Waals surface area (Å²) in [6, 6.07) is 24.0. The summed E-state index contributed by atoms with van der Waals surface area (Å²) in [5.74, 6) is 0.0164. The fraction of sp³-hybridized carbons (Fsp3) is 0.0870. The zero-order valence-corrected chi connectivity index (χ0v) is 14.5. The van der Waals surface area contributed by atoms with E-state index < -0.39 is 0 Å². The number of aryl methyl sites for hydroxylation is 1. The standard InChI is InChI=1S/C23H18N2O/c1-16-3-2-4-19-11-12-25(23(16)19)15-17-5-7-18(8-6-17)20-9-10-22(26)21(13-20)14-24/h2-13,26H,15H2,1H3. The molecule has 1 aromatic heterocycles. The molecule has 1 N–H and O–H groups in total. The Morgan fingerprint density at radius 2 is 1.73 bits per heavy atom. The van der Waals surface area contributed by atoms with Crippen LogP contribution in [0.3, 0.4) is 0 Å². The lowest BCUT2D eigenvalue weighted by molar-refractivity contribution is 0.473. The van der Waals surface area contributed by atoms with Crippen LogP contribution in [0.5, 0.6) is 5.75 Å². The van der Waals surface area contributed by atoms with Crippen molar-refractivity contribution in [3.05, 3.63) is 89.6 Å². The SMILES string of the molecule is Cc1cccc2ccn(Cc3ccc(-c4ccc(O)c(C#N)c4)cc3)c12. The number of hydrogen-bond donors (Lipinski definition) is 1. The minimum atomic E-state index is 0.0164. The van der Waals surface area contributed by atoms with Gasteiger partial charge in [-0.3, -0.25) is 0 Å². The van der Waals surface area contributed by atoms with Crippen LogP contribution in [-0.2, 0) is 6.54 Å². The molecule has 3 nitrogen and oxygen atoms in total. The van der Waals surface area contributed by atoms with Crippen molar-refractivity contribution in [2.24, 2.45) is 0 Å². The number of fused-ring (bicyclic) bond motifs is 1. The van der Waals surface area contributed by atoms with Gasteiger partial charge >= 0.3 is 0 Å². The lowest BCUT2D eigenvalue weighted by atomic mass is 10.0. The van der Waals surface area contributed by atoms with Crippen LogP contribution in [0.15, 0.2) is 72.9 Å². The maximum absolute atomic E-state index is 9.65. The summed E-state index contributed by atoms with van der Waals surface area (Å²) in [5, 5.41) is 20.0. The first-order valence-electron chi connectivity index (χ1n) is 8.52. The van der Waals surface area contributed by atoms with E-state index in [0.29, 0.717) is 5.56 Å². The summed E-state index contributed by atoms with van der Waals surface area (Å²) in [5.41, 5.74) is 6.01. The number of nitriles is 1. The minimum absolute atomic E-state index is 0.0164. The molecule has 4 aromatic rings. The Morgan fingerprint density at radius 3 is 2.50 bits per heavy atom. The summed E-state index contributed by atoms with van der Waals surface area (Å²) in [6.07, 6.45) is 2.13. The minimum Gasteiger partial charge on any atom is -0.507 e. The van der Waals surface area contributed by atoms with Gasteiger partial charge in [0.05, 0.1) is 11.1 Å². The number of rotatable bonds is 3. The highest BCUT2D eigenvalue weighted by atomic mass is 16.3. The molecule has 1 heterocycles. The van der Waals surface area contributed by atoms with Crippen molar-refractivity contribution in [1.82, 2.24) is 4.57 Å². The molecule has 4 rings (SSSR count). The lowest BCUT2D eigenvalue weighted by Gasteiger charge is -2.09. The zero-order chi connectivity index (χ0) is 18.1. The van der Waals surface area contributed by atoms with E-state index in [9.17, 15) is 5.11 Å². The number of aromatic hydroxyl groups is 1. The Balaban J connectivity index is 1.63. The Hall–Kier alpha value is -3.51. The van der Waals surface area contributed by atoms with Crippen molar-refractivity contribution in [1.29, 1.82) is 5.26 Å². The van der Waals surface area contributed by atoms with Crippen molar-refractivity contribution in [2.45, 2.75) is 13.5 Å². The zero-order valence-electron chi connectivity index (χ0n) is 14.5. The molecule has 0 radical (unpaired) electrons. The summed E-state index contributed by atoms with van der Waals surface area (Å²) >= 11 is 0. The topological polar surface area (TPSA) is 49.0 Å². The molecule has 0 fully saturated rings. The summed E-state index contributed by atoms with van der Waals surface area (Å²) in [6.45, 7) is 2.95. The number of nitrogens with zero attached hydrogens (tertiary/aromatic N) is 2. The Kier molecular flexibility index (Phi) is 3.95. The lowest BCUT2D eigenvalue weighted by Crippen LogP contribution is -1.98. The first-order chi connectivity index (χ1) is 12.7. The van der Waals surface area contributed by atoms with E-state index in [2.05, 4.69) is 66.2 Å². The normalized spacial score (nSPS) is 10.8. The molecule has 0 aliphatic carbocycles. The quantitative estimate of drug-likeness (QED) is 0.555. The maximum Gasteiger partial charge on any atom is 0.133 e. The van der Waals surface area contributed by atoms with Gasteiger partial charge in [-0.15, -0.1) is 0 Å². The van der Waals surface area contributed by atoms with Crippen LogP contribution in [0, 0.1) is 18.3 Å². The van der Waals surface area contributed by atoms with E-state index in [-0.39, 0.29) is 5.75 Å². The predicted octanol–water partition coefficient (Wildman–Crippen LogP) is 5.24. The molecule has 3 heteroatoms. The van der Waals surface area contributed by atoms with E-state index in [1.807, 2.05) is 12.1 Å². The largest absolute Gasteiger partial charge is 0.507 e. The molecule has 0 spiro atoms. The summed E-state index contributed by atoms with van der Waals surface area (Å²) < 4.78 is 2.27. The molecule has 126 valence electrons. The van der Waals surface area contributed by atoms with Crippen LogP contribution in [0.2, 0.25) is 0 Å². The number of aromatic nitrogens is 1. The third-order valence-corrected chi connectivity index (χ3v) is 4.75. The molecule has 0 atom stereocenters. The van der Waals surface area contributed by atoms with E-state index >= 15 is 0 Å². The molecular weight excluding hydrogens is 320 g/mol. The van der Waals surface area contributed by atoms with Gasteiger partial charge in [0.1, 0.15) is 11.8 Å². The van der Waals surface area contributed by atoms with Crippen LogP contribution in [0.1, 0.15) is 16.7 Å². The Bertz CT molecular complexity index is 1130. The molecule has 26 heavy (non-hydrogen) atoms. The van der Waals surface area contributed by atoms with Gasteiger partial charge in [0.15, 0.2) is 0 Å².